The number of benzene rings is 1. The summed E-state index contributed by atoms with van der Waals surface area (Å²) < 4.78 is 5.73. The quantitative estimate of drug-likeness (QED) is 0.582. The standard InChI is InChI=1S/C16H23N3O3.ClH/c1-10(2)18-8-12(20)9-22-14-5-3-4-13-16(14)11(7-19-13)6-15(17)21;/h3-5,7,10,12,18-20H,6,8-9H2,1-2H3,(H2,17,21);1H. The summed E-state index contributed by atoms with van der Waals surface area (Å²) in [6, 6.07) is 5.90. The zero-order valence-corrected chi connectivity index (χ0v) is 14.2. The number of nitrogens with two attached hydrogens (primary N) is 1. The lowest BCUT2D eigenvalue weighted by Crippen LogP contribution is -2.35. The summed E-state index contributed by atoms with van der Waals surface area (Å²) in [5, 5.41) is 13.9. The molecule has 6 nitrogen and oxygen atoms in total. The van der Waals surface area contributed by atoms with Crippen LogP contribution in [0.3, 0.4) is 0 Å². The molecule has 0 aliphatic heterocycles. The highest BCUT2D eigenvalue weighted by Gasteiger charge is 2.13. The van der Waals surface area contributed by atoms with Gasteiger partial charge in [-0.15, -0.1) is 12.4 Å². The van der Waals surface area contributed by atoms with Crippen LogP contribution in [0.1, 0.15) is 19.4 Å². The topological polar surface area (TPSA) is 100 Å². The van der Waals surface area contributed by atoms with E-state index >= 15 is 0 Å². The van der Waals surface area contributed by atoms with Crippen molar-refractivity contribution in [3.63, 3.8) is 0 Å². The number of amides is 1. The van der Waals surface area contributed by atoms with Gasteiger partial charge in [-0.05, 0) is 17.7 Å². The van der Waals surface area contributed by atoms with Crippen LogP contribution in [0.5, 0.6) is 5.75 Å². The molecule has 1 heterocycles. The molecule has 0 saturated carbocycles. The molecule has 0 aliphatic carbocycles. The van der Waals surface area contributed by atoms with Gasteiger partial charge in [0.1, 0.15) is 18.5 Å². The summed E-state index contributed by atoms with van der Waals surface area (Å²) in [6.07, 6.45) is 1.31. The molecule has 0 fully saturated rings. The second-order valence-corrected chi connectivity index (χ2v) is 5.66. The number of aliphatic hydroxyl groups is 1. The number of halogens is 1. The van der Waals surface area contributed by atoms with Gasteiger partial charge in [-0.2, -0.15) is 0 Å². The Balaban J connectivity index is 0.00000264. The molecule has 128 valence electrons. The number of nitrogens with one attached hydrogen (secondary N) is 2. The molecule has 1 amide bonds. The lowest BCUT2D eigenvalue weighted by atomic mass is 10.1. The molecule has 23 heavy (non-hydrogen) atoms. The Kier molecular flexibility index (Phi) is 7.35. The summed E-state index contributed by atoms with van der Waals surface area (Å²) in [4.78, 5) is 14.3. The minimum Gasteiger partial charge on any atom is -0.490 e. The molecule has 1 aromatic heterocycles. The van der Waals surface area contributed by atoms with Crippen LogP contribution < -0.4 is 15.8 Å². The van der Waals surface area contributed by atoms with E-state index in [1.807, 2.05) is 32.0 Å². The number of rotatable bonds is 8. The van der Waals surface area contributed by atoms with Gasteiger partial charge >= 0.3 is 0 Å². The highest BCUT2D eigenvalue weighted by atomic mass is 35.5. The van der Waals surface area contributed by atoms with Crippen LogP contribution in [0.25, 0.3) is 10.9 Å². The van der Waals surface area contributed by atoms with Crippen molar-refractivity contribution in [2.45, 2.75) is 32.4 Å². The van der Waals surface area contributed by atoms with E-state index in [2.05, 4.69) is 10.3 Å². The van der Waals surface area contributed by atoms with Gasteiger partial charge in [0.15, 0.2) is 0 Å². The fourth-order valence-electron chi connectivity index (χ4n) is 2.28. The Labute approximate surface area is 141 Å². The molecule has 2 rings (SSSR count). The van der Waals surface area contributed by atoms with Crippen LogP contribution in [0.2, 0.25) is 0 Å². The summed E-state index contributed by atoms with van der Waals surface area (Å²) in [5.74, 6) is 0.246. The zero-order valence-electron chi connectivity index (χ0n) is 13.3. The smallest absolute Gasteiger partial charge is 0.221 e. The lowest BCUT2D eigenvalue weighted by Gasteiger charge is -2.15. The van der Waals surface area contributed by atoms with Crippen LogP contribution in [-0.2, 0) is 11.2 Å². The average molecular weight is 342 g/mol. The van der Waals surface area contributed by atoms with Gasteiger partial charge in [0.2, 0.25) is 5.91 Å². The first-order valence-corrected chi connectivity index (χ1v) is 7.39. The third kappa shape index (κ3) is 5.42. The van der Waals surface area contributed by atoms with E-state index in [4.69, 9.17) is 10.5 Å². The maximum absolute atomic E-state index is 11.2. The summed E-state index contributed by atoms with van der Waals surface area (Å²) in [5.41, 5.74) is 6.95. The molecule has 7 heteroatoms. The lowest BCUT2D eigenvalue weighted by molar-refractivity contribution is -0.117. The van der Waals surface area contributed by atoms with E-state index in [-0.39, 0.29) is 25.4 Å². The fourth-order valence-corrected chi connectivity index (χ4v) is 2.28. The summed E-state index contributed by atoms with van der Waals surface area (Å²) >= 11 is 0. The maximum Gasteiger partial charge on any atom is 0.221 e. The molecule has 1 atom stereocenters. The molecule has 1 aromatic carbocycles. The van der Waals surface area contributed by atoms with Crippen LogP contribution in [0.15, 0.2) is 24.4 Å². The van der Waals surface area contributed by atoms with Crippen LogP contribution >= 0.6 is 12.4 Å². The molecule has 5 N–H and O–H groups in total. The van der Waals surface area contributed by atoms with Crippen LogP contribution in [-0.4, -0.2) is 41.3 Å². The zero-order chi connectivity index (χ0) is 16.1. The predicted molar refractivity (Wildman–Crippen MR) is 93.1 cm³/mol. The van der Waals surface area contributed by atoms with Crippen molar-refractivity contribution in [1.29, 1.82) is 0 Å². The van der Waals surface area contributed by atoms with E-state index in [0.717, 1.165) is 16.5 Å². The van der Waals surface area contributed by atoms with E-state index in [1.165, 1.54) is 0 Å². The van der Waals surface area contributed by atoms with Crippen molar-refractivity contribution in [3.8, 4) is 5.75 Å². The van der Waals surface area contributed by atoms with Crippen molar-refractivity contribution in [3.05, 3.63) is 30.0 Å². The van der Waals surface area contributed by atoms with Crippen molar-refractivity contribution in [2.75, 3.05) is 13.2 Å². The van der Waals surface area contributed by atoms with E-state index < -0.39 is 12.0 Å². The minimum atomic E-state index is -0.601. The number of aliphatic hydroxyl groups excluding tert-OH is 1. The van der Waals surface area contributed by atoms with E-state index in [0.29, 0.717) is 18.3 Å². The molecule has 1 unspecified atom stereocenters. The maximum atomic E-state index is 11.2. The third-order valence-corrected chi connectivity index (χ3v) is 3.31. The molecular formula is C16H24ClN3O3. The second-order valence-electron chi connectivity index (χ2n) is 5.66. The number of hydrogen-bond donors (Lipinski definition) is 4. The molecule has 0 aliphatic rings. The first-order valence-electron chi connectivity index (χ1n) is 7.39. The molecular weight excluding hydrogens is 318 g/mol. The highest BCUT2D eigenvalue weighted by Crippen LogP contribution is 2.29. The van der Waals surface area contributed by atoms with Crippen molar-refractivity contribution >= 4 is 29.2 Å². The Morgan fingerprint density at radius 1 is 1.43 bits per heavy atom. The average Bonchev–Trinajstić information content (AvgIpc) is 2.86. The summed E-state index contributed by atoms with van der Waals surface area (Å²) in [7, 11) is 0. The minimum absolute atomic E-state index is 0. The number of hydrogen-bond acceptors (Lipinski definition) is 4. The van der Waals surface area contributed by atoms with Gasteiger partial charge in [0.25, 0.3) is 0 Å². The van der Waals surface area contributed by atoms with Gasteiger partial charge in [0.05, 0.1) is 6.42 Å². The summed E-state index contributed by atoms with van der Waals surface area (Å²) in [6.45, 7) is 4.68. The van der Waals surface area contributed by atoms with Crippen LogP contribution in [0, 0.1) is 0 Å². The Hall–Kier alpha value is -1.76. The number of aromatic nitrogens is 1. The molecule has 0 spiro atoms. The van der Waals surface area contributed by atoms with E-state index in [1.54, 1.807) is 6.20 Å². The number of carbonyl (C=O) groups is 1. The number of ether oxygens (including phenoxy) is 1. The van der Waals surface area contributed by atoms with Crippen molar-refractivity contribution < 1.29 is 14.6 Å². The Bertz CT molecular complexity index is 643. The van der Waals surface area contributed by atoms with Gasteiger partial charge in [-0.3, -0.25) is 4.79 Å². The van der Waals surface area contributed by atoms with Gasteiger partial charge in [-0.1, -0.05) is 19.9 Å². The Morgan fingerprint density at radius 3 is 2.83 bits per heavy atom. The van der Waals surface area contributed by atoms with Gasteiger partial charge < -0.3 is 25.9 Å². The fraction of sp³-hybridized carbons (Fsp3) is 0.438. The van der Waals surface area contributed by atoms with E-state index in [9.17, 15) is 9.90 Å². The number of carbonyl (C=O) groups excluding carboxylic acids is 1. The Morgan fingerprint density at radius 2 is 2.17 bits per heavy atom. The second kappa shape index (κ2) is 8.76. The van der Waals surface area contributed by atoms with Gasteiger partial charge in [-0.25, -0.2) is 0 Å². The van der Waals surface area contributed by atoms with Crippen molar-refractivity contribution in [1.82, 2.24) is 10.3 Å². The largest absolute Gasteiger partial charge is 0.490 e. The predicted octanol–water partition coefficient (Wildman–Crippen LogP) is 1.36. The number of primary amides is 1. The molecule has 0 bridgehead atoms. The first-order chi connectivity index (χ1) is 10.5. The monoisotopic (exact) mass is 341 g/mol. The highest BCUT2D eigenvalue weighted by molar-refractivity contribution is 5.92. The SMILES string of the molecule is CC(C)NCC(O)COc1cccc2[nH]cc(CC(N)=O)c12.Cl. The number of aromatic amines is 1. The number of H-pyrrole nitrogens is 1. The molecule has 0 saturated heterocycles. The first kappa shape index (κ1) is 19.3. The molecule has 0 radical (unpaired) electrons. The normalized spacial score (nSPS) is 12.2. The number of fused-ring (bicyclic) bond motifs is 1. The third-order valence-electron chi connectivity index (χ3n) is 3.31. The van der Waals surface area contributed by atoms with Crippen molar-refractivity contribution in [2.24, 2.45) is 5.73 Å². The van der Waals surface area contributed by atoms with Crippen LogP contribution in [0.4, 0.5) is 0 Å². The molecule has 2 aromatic rings. The van der Waals surface area contributed by atoms with Gasteiger partial charge in [0, 0.05) is 29.7 Å².